The fourth-order valence-electron chi connectivity index (χ4n) is 1.80. The van der Waals surface area contributed by atoms with Crippen LogP contribution in [0.1, 0.15) is 5.56 Å². The van der Waals surface area contributed by atoms with Gasteiger partial charge in [-0.1, -0.05) is 17.3 Å². The van der Waals surface area contributed by atoms with Gasteiger partial charge in [0.25, 0.3) is 5.91 Å². The number of carbonyl (C=O) groups is 1. The van der Waals surface area contributed by atoms with Crippen LogP contribution < -0.4 is 14.8 Å². The standard InChI is InChI=1S/C16H16N2O4/c1-21-15-5-3-2-4-14(15)18-16(19)11-22-13-8-6-12(7-9-13)10-17-20/h2-10,20H,11H2,1H3,(H,18,19)/b17-10-. The summed E-state index contributed by atoms with van der Waals surface area (Å²) in [4.78, 5) is 11.9. The largest absolute Gasteiger partial charge is 0.495 e. The molecule has 0 aliphatic heterocycles. The molecular weight excluding hydrogens is 284 g/mol. The molecule has 1 amide bonds. The number of nitrogens with one attached hydrogen (secondary N) is 1. The molecule has 2 rings (SSSR count). The number of hydrogen-bond donors (Lipinski definition) is 2. The average molecular weight is 300 g/mol. The van der Waals surface area contributed by atoms with Crippen molar-refractivity contribution in [3.63, 3.8) is 0 Å². The summed E-state index contributed by atoms with van der Waals surface area (Å²) in [5.41, 5.74) is 1.32. The molecule has 6 nitrogen and oxygen atoms in total. The first-order valence-electron chi connectivity index (χ1n) is 6.56. The van der Waals surface area contributed by atoms with Crippen LogP contribution in [-0.2, 0) is 4.79 Å². The summed E-state index contributed by atoms with van der Waals surface area (Å²) < 4.78 is 10.5. The lowest BCUT2D eigenvalue weighted by Gasteiger charge is -2.10. The molecule has 0 fully saturated rings. The first-order chi connectivity index (χ1) is 10.7. The number of anilines is 1. The van der Waals surface area contributed by atoms with E-state index in [9.17, 15) is 4.79 Å². The SMILES string of the molecule is COc1ccccc1NC(=O)COc1ccc(/C=N\O)cc1. The first kappa shape index (κ1) is 15.4. The van der Waals surface area contributed by atoms with Crippen LogP contribution in [0.5, 0.6) is 11.5 Å². The van der Waals surface area contributed by atoms with E-state index in [-0.39, 0.29) is 12.5 Å². The van der Waals surface area contributed by atoms with Crippen LogP contribution in [0, 0.1) is 0 Å². The molecule has 0 unspecified atom stereocenters. The molecule has 0 saturated heterocycles. The molecule has 0 radical (unpaired) electrons. The summed E-state index contributed by atoms with van der Waals surface area (Å²) in [6.45, 7) is -0.120. The van der Waals surface area contributed by atoms with Crippen LogP contribution in [0.25, 0.3) is 0 Å². The Bertz CT molecular complexity index is 653. The maximum Gasteiger partial charge on any atom is 0.262 e. The van der Waals surface area contributed by atoms with E-state index in [1.54, 1.807) is 49.6 Å². The predicted octanol–water partition coefficient (Wildman–Crippen LogP) is 2.52. The van der Waals surface area contributed by atoms with Gasteiger partial charge in [-0.3, -0.25) is 4.79 Å². The number of amides is 1. The first-order valence-corrected chi connectivity index (χ1v) is 6.56. The van der Waals surface area contributed by atoms with Gasteiger partial charge in [0.2, 0.25) is 0 Å². The molecule has 0 heterocycles. The highest BCUT2D eigenvalue weighted by Gasteiger charge is 2.07. The zero-order valence-electron chi connectivity index (χ0n) is 12.0. The van der Waals surface area contributed by atoms with E-state index in [4.69, 9.17) is 14.7 Å². The summed E-state index contributed by atoms with van der Waals surface area (Å²) in [6, 6.07) is 13.9. The molecule has 0 aliphatic rings. The number of para-hydroxylation sites is 2. The van der Waals surface area contributed by atoms with Crippen molar-refractivity contribution in [2.45, 2.75) is 0 Å². The summed E-state index contributed by atoms with van der Waals surface area (Å²) in [5.74, 6) is 0.847. The zero-order valence-corrected chi connectivity index (χ0v) is 12.0. The third-order valence-corrected chi connectivity index (χ3v) is 2.84. The summed E-state index contributed by atoms with van der Waals surface area (Å²) in [7, 11) is 1.54. The van der Waals surface area contributed by atoms with E-state index in [2.05, 4.69) is 10.5 Å². The lowest BCUT2D eigenvalue weighted by molar-refractivity contribution is -0.118. The van der Waals surface area contributed by atoms with Crippen LogP contribution in [0.4, 0.5) is 5.69 Å². The monoisotopic (exact) mass is 300 g/mol. The number of methoxy groups -OCH3 is 1. The maximum atomic E-state index is 11.9. The molecule has 2 N–H and O–H groups in total. The van der Waals surface area contributed by atoms with Crippen LogP contribution >= 0.6 is 0 Å². The molecule has 0 aromatic heterocycles. The van der Waals surface area contributed by atoms with Gasteiger partial charge in [-0.15, -0.1) is 0 Å². The van der Waals surface area contributed by atoms with Gasteiger partial charge in [0, 0.05) is 0 Å². The third-order valence-electron chi connectivity index (χ3n) is 2.84. The molecular formula is C16H16N2O4. The van der Waals surface area contributed by atoms with E-state index < -0.39 is 0 Å². The number of oxime groups is 1. The van der Waals surface area contributed by atoms with Gasteiger partial charge in [0.1, 0.15) is 11.5 Å². The number of benzene rings is 2. The molecule has 2 aromatic carbocycles. The van der Waals surface area contributed by atoms with Gasteiger partial charge in [0.05, 0.1) is 19.0 Å². The molecule has 22 heavy (non-hydrogen) atoms. The van der Waals surface area contributed by atoms with Crippen LogP contribution in [0.2, 0.25) is 0 Å². The Morgan fingerprint density at radius 2 is 1.95 bits per heavy atom. The van der Waals surface area contributed by atoms with Crippen molar-refractivity contribution in [1.29, 1.82) is 0 Å². The molecule has 114 valence electrons. The highest BCUT2D eigenvalue weighted by atomic mass is 16.5. The van der Waals surface area contributed by atoms with E-state index in [1.807, 2.05) is 6.07 Å². The average Bonchev–Trinajstić information content (AvgIpc) is 2.55. The molecule has 0 aliphatic carbocycles. The van der Waals surface area contributed by atoms with Crippen LogP contribution in [0.3, 0.4) is 0 Å². The highest BCUT2D eigenvalue weighted by Crippen LogP contribution is 2.22. The van der Waals surface area contributed by atoms with Crippen molar-refractivity contribution in [1.82, 2.24) is 0 Å². The Morgan fingerprint density at radius 3 is 2.64 bits per heavy atom. The number of nitrogens with zero attached hydrogens (tertiary/aromatic N) is 1. The fraction of sp³-hybridized carbons (Fsp3) is 0.125. The molecule has 0 spiro atoms. The van der Waals surface area contributed by atoms with E-state index in [0.717, 1.165) is 5.56 Å². The smallest absolute Gasteiger partial charge is 0.262 e. The Balaban J connectivity index is 1.90. The lowest BCUT2D eigenvalue weighted by Crippen LogP contribution is -2.20. The second kappa shape index (κ2) is 7.68. The van der Waals surface area contributed by atoms with Crippen molar-refractivity contribution < 1.29 is 19.5 Å². The van der Waals surface area contributed by atoms with Gasteiger partial charge >= 0.3 is 0 Å². The minimum Gasteiger partial charge on any atom is -0.495 e. The van der Waals surface area contributed by atoms with Crippen molar-refractivity contribution in [3.05, 3.63) is 54.1 Å². The maximum absolute atomic E-state index is 11.9. The predicted molar refractivity (Wildman–Crippen MR) is 82.9 cm³/mol. The van der Waals surface area contributed by atoms with Gasteiger partial charge in [-0.25, -0.2) is 0 Å². The quantitative estimate of drug-likeness (QED) is 0.488. The fourth-order valence-corrected chi connectivity index (χ4v) is 1.80. The van der Waals surface area contributed by atoms with Gasteiger partial charge < -0.3 is 20.0 Å². The van der Waals surface area contributed by atoms with Crippen molar-refractivity contribution in [2.75, 3.05) is 19.0 Å². The van der Waals surface area contributed by atoms with Crippen LogP contribution in [0.15, 0.2) is 53.7 Å². The zero-order chi connectivity index (χ0) is 15.8. The van der Waals surface area contributed by atoms with Gasteiger partial charge in [0.15, 0.2) is 6.61 Å². The Kier molecular flexibility index (Phi) is 5.37. The molecule has 0 bridgehead atoms. The minimum atomic E-state index is -0.287. The second-order valence-corrected chi connectivity index (χ2v) is 4.35. The Morgan fingerprint density at radius 1 is 1.23 bits per heavy atom. The number of hydrogen-bond acceptors (Lipinski definition) is 5. The van der Waals surface area contributed by atoms with Crippen molar-refractivity contribution in [3.8, 4) is 11.5 Å². The van der Waals surface area contributed by atoms with Crippen molar-refractivity contribution >= 4 is 17.8 Å². The van der Waals surface area contributed by atoms with E-state index >= 15 is 0 Å². The summed E-state index contributed by atoms with van der Waals surface area (Å²) in [6.07, 6.45) is 1.30. The van der Waals surface area contributed by atoms with Gasteiger partial charge in [-0.05, 0) is 42.0 Å². The third kappa shape index (κ3) is 4.24. The normalized spacial score (nSPS) is 10.4. The van der Waals surface area contributed by atoms with Crippen molar-refractivity contribution in [2.24, 2.45) is 5.16 Å². The summed E-state index contributed by atoms with van der Waals surface area (Å²) >= 11 is 0. The number of carbonyl (C=O) groups excluding carboxylic acids is 1. The Labute approximate surface area is 128 Å². The van der Waals surface area contributed by atoms with Gasteiger partial charge in [-0.2, -0.15) is 0 Å². The second-order valence-electron chi connectivity index (χ2n) is 4.35. The Hall–Kier alpha value is -3.02. The number of ether oxygens (including phenoxy) is 2. The molecule has 0 saturated carbocycles. The molecule has 2 aromatic rings. The molecule has 6 heteroatoms. The number of rotatable bonds is 6. The van der Waals surface area contributed by atoms with E-state index in [0.29, 0.717) is 17.2 Å². The van der Waals surface area contributed by atoms with E-state index in [1.165, 1.54) is 6.21 Å². The minimum absolute atomic E-state index is 0.120. The molecule has 0 atom stereocenters. The lowest BCUT2D eigenvalue weighted by atomic mass is 10.2. The van der Waals surface area contributed by atoms with Crippen LogP contribution in [-0.4, -0.2) is 31.0 Å². The highest BCUT2D eigenvalue weighted by molar-refractivity contribution is 5.93. The summed E-state index contributed by atoms with van der Waals surface area (Å²) in [5, 5.41) is 14.1. The topological polar surface area (TPSA) is 80.2 Å².